The molecule has 3 aromatic rings. The number of carboxylic acids is 1. The molecule has 3 aromatic heterocycles. The highest BCUT2D eigenvalue weighted by Gasteiger charge is 2.38. The van der Waals surface area contributed by atoms with Crippen LogP contribution in [0, 0.1) is 0 Å². The number of ether oxygens (including phenoxy) is 2. The van der Waals surface area contributed by atoms with Gasteiger partial charge in [0.05, 0.1) is 12.3 Å². The number of carbonyl (C=O) groups is 2. The third-order valence-electron chi connectivity index (χ3n) is 5.06. The Balaban J connectivity index is 0.000000479. The number of imidazole rings is 1. The second-order valence-corrected chi connectivity index (χ2v) is 7.65. The van der Waals surface area contributed by atoms with Gasteiger partial charge < -0.3 is 19.9 Å². The Hall–Kier alpha value is -3.88. The van der Waals surface area contributed by atoms with Crippen LogP contribution in [0.15, 0.2) is 30.6 Å². The molecule has 0 atom stereocenters. The molecule has 1 aliphatic rings. The molecule has 4 rings (SSSR count). The number of alkyl halides is 5. The van der Waals surface area contributed by atoms with Crippen LogP contribution in [0.4, 0.5) is 27.8 Å². The number of rotatable bonds is 6. The molecular weight excluding hydrogens is 509 g/mol. The molecule has 0 spiro atoms. The van der Waals surface area contributed by atoms with Crippen LogP contribution in [0.2, 0.25) is 0 Å². The minimum absolute atomic E-state index is 0.0196. The Morgan fingerprint density at radius 3 is 2.46 bits per heavy atom. The first-order valence-electron chi connectivity index (χ1n) is 11.0. The topological polar surface area (TPSA) is 128 Å². The molecule has 200 valence electrons. The van der Waals surface area contributed by atoms with Crippen molar-refractivity contribution < 1.29 is 46.1 Å². The van der Waals surface area contributed by atoms with Crippen molar-refractivity contribution in [1.82, 2.24) is 19.4 Å². The van der Waals surface area contributed by atoms with Crippen LogP contribution in [-0.2, 0) is 9.53 Å². The summed E-state index contributed by atoms with van der Waals surface area (Å²) in [6.07, 6.45) is -2.65. The molecule has 1 amide bonds. The van der Waals surface area contributed by atoms with Crippen LogP contribution in [0.1, 0.15) is 54.0 Å². The van der Waals surface area contributed by atoms with Gasteiger partial charge in [0, 0.05) is 31.5 Å². The molecule has 1 saturated heterocycles. The molecule has 2 N–H and O–H groups in total. The van der Waals surface area contributed by atoms with E-state index in [4.69, 9.17) is 19.4 Å². The van der Waals surface area contributed by atoms with Crippen LogP contribution in [0.25, 0.3) is 5.65 Å². The second kappa shape index (κ2) is 11.9. The number of carbonyl (C=O) groups excluding carboxylic acids is 1. The van der Waals surface area contributed by atoms with E-state index in [0.29, 0.717) is 25.5 Å². The Morgan fingerprint density at radius 1 is 1.19 bits per heavy atom. The third-order valence-corrected chi connectivity index (χ3v) is 5.06. The maximum atomic E-state index is 12.9. The van der Waals surface area contributed by atoms with E-state index in [2.05, 4.69) is 20.3 Å². The molecule has 0 saturated carbocycles. The fourth-order valence-electron chi connectivity index (χ4n) is 3.35. The maximum Gasteiger partial charge on any atom is 0.490 e. The summed E-state index contributed by atoms with van der Waals surface area (Å²) in [5.41, 5.74) is 1.06. The number of hydrogen-bond acceptors (Lipinski definition) is 7. The van der Waals surface area contributed by atoms with E-state index in [-0.39, 0.29) is 23.3 Å². The Kier molecular flexibility index (Phi) is 8.91. The molecule has 4 heterocycles. The number of halogens is 5. The predicted molar refractivity (Wildman–Crippen MR) is 118 cm³/mol. The van der Waals surface area contributed by atoms with Gasteiger partial charge in [0.2, 0.25) is 5.65 Å². The highest BCUT2D eigenvalue weighted by Crippen LogP contribution is 2.28. The molecule has 1 fully saturated rings. The SMILES string of the molecule is CCOc1nc(C(=O)Nc2cccc(C(F)F)n2)cn2cc(C3CCOCC3)nc12.O=C(O)C(F)(F)F. The van der Waals surface area contributed by atoms with Gasteiger partial charge in [-0.15, -0.1) is 0 Å². The average Bonchev–Trinajstić information content (AvgIpc) is 3.29. The third kappa shape index (κ3) is 7.31. The second-order valence-electron chi connectivity index (χ2n) is 7.65. The highest BCUT2D eigenvalue weighted by atomic mass is 19.4. The van der Waals surface area contributed by atoms with Gasteiger partial charge in [-0.05, 0) is 31.9 Å². The van der Waals surface area contributed by atoms with Crippen molar-refractivity contribution in [3.63, 3.8) is 0 Å². The number of fused-ring (bicyclic) bond motifs is 1. The molecule has 0 aromatic carbocycles. The standard InChI is InChI=1S/C20H21F2N5O3.C2HF3O2/c1-2-30-20-18-24-14(12-6-8-29-9-7-12)10-27(18)11-15(25-20)19(28)26-16-5-3-4-13(23-16)17(21)22;3-2(4,5)1(6)7/h3-5,10-12,17H,2,6-9H2,1H3,(H,23,26,28);(H,6,7). The quantitative estimate of drug-likeness (QED) is 0.452. The molecule has 0 unspecified atom stereocenters. The van der Waals surface area contributed by atoms with E-state index in [1.54, 1.807) is 10.6 Å². The summed E-state index contributed by atoms with van der Waals surface area (Å²) in [7, 11) is 0. The van der Waals surface area contributed by atoms with Crippen LogP contribution < -0.4 is 10.1 Å². The van der Waals surface area contributed by atoms with Crippen LogP contribution in [0.3, 0.4) is 0 Å². The summed E-state index contributed by atoms with van der Waals surface area (Å²) in [5.74, 6) is -2.82. The smallest absolute Gasteiger partial charge is 0.475 e. The summed E-state index contributed by atoms with van der Waals surface area (Å²) >= 11 is 0. The molecule has 0 bridgehead atoms. The monoisotopic (exact) mass is 531 g/mol. The molecule has 37 heavy (non-hydrogen) atoms. The minimum Gasteiger partial charge on any atom is -0.475 e. The zero-order valence-electron chi connectivity index (χ0n) is 19.3. The van der Waals surface area contributed by atoms with E-state index < -0.39 is 30.2 Å². The lowest BCUT2D eigenvalue weighted by molar-refractivity contribution is -0.192. The lowest BCUT2D eigenvalue weighted by Gasteiger charge is -2.19. The van der Waals surface area contributed by atoms with Gasteiger partial charge in [-0.25, -0.2) is 28.5 Å². The van der Waals surface area contributed by atoms with Crippen LogP contribution >= 0.6 is 0 Å². The molecule has 0 aliphatic carbocycles. The van der Waals surface area contributed by atoms with E-state index in [1.807, 2.05) is 13.1 Å². The number of carboxylic acid groups (broad SMARTS) is 1. The average molecular weight is 531 g/mol. The number of nitrogens with one attached hydrogen (secondary N) is 1. The fourth-order valence-corrected chi connectivity index (χ4v) is 3.35. The lowest BCUT2D eigenvalue weighted by atomic mass is 9.97. The van der Waals surface area contributed by atoms with Crippen molar-refractivity contribution in [3.05, 3.63) is 47.7 Å². The lowest BCUT2D eigenvalue weighted by Crippen LogP contribution is -2.21. The van der Waals surface area contributed by atoms with Gasteiger partial charge in [-0.3, -0.25) is 9.20 Å². The number of aliphatic carboxylic acids is 1. The van der Waals surface area contributed by atoms with Crippen molar-refractivity contribution in [2.75, 3.05) is 25.1 Å². The zero-order chi connectivity index (χ0) is 27.2. The van der Waals surface area contributed by atoms with E-state index in [0.717, 1.165) is 18.5 Å². The van der Waals surface area contributed by atoms with Gasteiger partial charge in [0.1, 0.15) is 17.2 Å². The van der Waals surface area contributed by atoms with Gasteiger partial charge in [0.25, 0.3) is 18.2 Å². The number of aromatic nitrogens is 4. The number of hydrogen-bond donors (Lipinski definition) is 2. The van der Waals surface area contributed by atoms with E-state index in [1.165, 1.54) is 18.2 Å². The van der Waals surface area contributed by atoms with Gasteiger partial charge >= 0.3 is 12.1 Å². The minimum atomic E-state index is -5.08. The van der Waals surface area contributed by atoms with Crippen molar-refractivity contribution >= 4 is 23.3 Å². The first-order chi connectivity index (χ1) is 17.5. The van der Waals surface area contributed by atoms with Gasteiger partial charge in [-0.2, -0.15) is 13.2 Å². The number of pyridine rings is 1. The largest absolute Gasteiger partial charge is 0.490 e. The van der Waals surface area contributed by atoms with Crippen molar-refractivity contribution in [2.45, 2.75) is 38.3 Å². The van der Waals surface area contributed by atoms with Crippen molar-refractivity contribution in [3.8, 4) is 5.88 Å². The van der Waals surface area contributed by atoms with Crippen molar-refractivity contribution in [2.24, 2.45) is 0 Å². The summed E-state index contributed by atoms with van der Waals surface area (Å²) in [6, 6.07) is 4.04. The Bertz CT molecular complexity index is 1240. The Labute approximate surface area is 206 Å². The van der Waals surface area contributed by atoms with Crippen LogP contribution in [0.5, 0.6) is 5.88 Å². The maximum absolute atomic E-state index is 12.9. The number of anilines is 1. The fraction of sp³-hybridized carbons (Fsp3) is 0.409. The normalized spacial score (nSPS) is 14.2. The first kappa shape index (κ1) is 27.7. The summed E-state index contributed by atoms with van der Waals surface area (Å²) < 4.78 is 70.2. The zero-order valence-corrected chi connectivity index (χ0v) is 19.3. The summed E-state index contributed by atoms with van der Waals surface area (Å²) in [6.45, 7) is 3.54. The molecular formula is C22H22F5N5O5. The van der Waals surface area contributed by atoms with E-state index >= 15 is 0 Å². The molecule has 1 aliphatic heterocycles. The van der Waals surface area contributed by atoms with Gasteiger partial charge in [-0.1, -0.05) is 6.07 Å². The number of nitrogens with zero attached hydrogens (tertiary/aromatic N) is 4. The first-order valence-corrected chi connectivity index (χ1v) is 11.0. The molecule has 10 nitrogen and oxygen atoms in total. The predicted octanol–water partition coefficient (Wildman–Crippen LogP) is 4.24. The molecule has 0 radical (unpaired) electrons. The highest BCUT2D eigenvalue weighted by molar-refractivity contribution is 6.02. The van der Waals surface area contributed by atoms with Crippen LogP contribution in [-0.4, -0.2) is 62.3 Å². The summed E-state index contributed by atoms with van der Waals surface area (Å²) in [4.78, 5) is 34.3. The molecule has 15 heteroatoms. The van der Waals surface area contributed by atoms with Gasteiger partial charge in [0.15, 0.2) is 0 Å². The number of amides is 1. The Morgan fingerprint density at radius 2 is 1.86 bits per heavy atom. The van der Waals surface area contributed by atoms with E-state index in [9.17, 15) is 26.7 Å². The van der Waals surface area contributed by atoms with Crippen molar-refractivity contribution in [1.29, 1.82) is 0 Å². The summed E-state index contributed by atoms with van der Waals surface area (Å²) in [5, 5.41) is 9.63.